The van der Waals surface area contributed by atoms with E-state index in [2.05, 4.69) is 12.5 Å². The molecule has 0 bridgehead atoms. The molecule has 82 valence electrons. The molecular formula is C11H15NO3. The van der Waals surface area contributed by atoms with Crippen LogP contribution in [0.4, 0.5) is 0 Å². The molecule has 0 saturated heterocycles. The second-order valence-corrected chi connectivity index (χ2v) is 3.11. The third-order valence-electron chi connectivity index (χ3n) is 1.69. The number of esters is 1. The van der Waals surface area contributed by atoms with Crippen LogP contribution in [-0.2, 0) is 14.3 Å². The third-order valence-corrected chi connectivity index (χ3v) is 1.69. The monoisotopic (exact) mass is 209 g/mol. The van der Waals surface area contributed by atoms with Crippen molar-refractivity contribution in [2.24, 2.45) is 0 Å². The van der Waals surface area contributed by atoms with E-state index in [1.807, 2.05) is 0 Å². The van der Waals surface area contributed by atoms with Crippen molar-refractivity contribution in [3.63, 3.8) is 0 Å². The number of rotatable bonds is 5. The van der Waals surface area contributed by atoms with E-state index in [0.717, 1.165) is 0 Å². The molecule has 4 nitrogen and oxygen atoms in total. The van der Waals surface area contributed by atoms with Gasteiger partial charge in [0.05, 0.1) is 13.0 Å². The summed E-state index contributed by atoms with van der Waals surface area (Å²) in [6, 6.07) is 0. The first kappa shape index (κ1) is 13.2. The van der Waals surface area contributed by atoms with Gasteiger partial charge in [0.15, 0.2) is 0 Å². The van der Waals surface area contributed by atoms with Crippen molar-refractivity contribution in [3.05, 3.63) is 12.2 Å². The molecule has 0 fully saturated rings. The molecule has 0 radical (unpaired) electrons. The second kappa shape index (κ2) is 6.66. The molecule has 1 amide bonds. The molecule has 4 heteroatoms. The Morgan fingerprint density at radius 2 is 2.13 bits per heavy atom. The van der Waals surface area contributed by atoms with E-state index in [9.17, 15) is 9.59 Å². The molecule has 0 aliphatic heterocycles. The maximum atomic E-state index is 11.2. The van der Waals surface area contributed by atoms with Gasteiger partial charge in [-0.3, -0.25) is 4.79 Å². The van der Waals surface area contributed by atoms with Crippen molar-refractivity contribution in [1.29, 1.82) is 0 Å². The Balaban J connectivity index is 3.78. The molecule has 0 aromatic carbocycles. The summed E-state index contributed by atoms with van der Waals surface area (Å²) in [4.78, 5) is 23.6. The molecule has 15 heavy (non-hydrogen) atoms. The Kier molecular flexibility index (Phi) is 5.88. The summed E-state index contributed by atoms with van der Waals surface area (Å²) in [6.45, 7) is 5.48. The van der Waals surface area contributed by atoms with E-state index in [0.29, 0.717) is 12.1 Å². The Morgan fingerprint density at radius 3 is 2.60 bits per heavy atom. The van der Waals surface area contributed by atoms with Gasteiger partial charge in [-0.2, -0.15) is 0 Å². The van der Waals surface area contributed by atoms with Crippen molar-refractivity contribution >= 4 is 11.9 Å². The molecule has 0 rings (SSSR count). The molecule has 0 aliphatic carbocycles. The van der Waals surface area contributed by atoms with Gasteiger partial charge in [0.2, 0.25) is 5.91 Å². The normalized spacial score (nSPS) is 8.87. The highest BCUT2D eigenvalue weighted by molar-refractivity contribution is 5.86. The first-order valence-electron chi connectivity index (χ1n) is 4.49. The number of carbonyl (C=O) groups excluding carboxylic acids is 2. The Morgan fingerprint density at radius 1 is 1.53 bits per heavy atom. The van der Waals surface area contributed by atoms with Crippen LogP contribution < -0.4 is 0 Å². The number of hydrogen-bond donors (Lipinski definition) is 0. The number of likely N-dealkylation sites (N-methyl/N-ethyl adjacent to an activating group) is 1. The largest absolute Gasteiger partial charge is 0.460 e. The topological polar surface area (TPSA) is 46.6 Å². The molecule has 0 atom stereocenters. The van der Waals surface area contributed by atoms with Crippen molar-refractivity contribution in [3.8, 4) is 12.3 Å². The highest BCUT2D eigenvalue weighted by Crippen LogP contribution is 1.94. The molecule has 0 aliphatic rings. The summed E-state index contributed by atoms with van der Waals surface area (Å²) in [5, 5.41) is 0. The van der Waals surface area contributed by atoms with Gasteiger partial charge in [-0.15, -0.1) is 6.42 Å². The number of ether oxygens (including phenoxy) is 1. The fourth-order valence-corrected chi connectivity index (χ4v) is 0.745. The Labute approximate surface area is 89.9 Å². The highest BCUT2D eigenvalue weighted by atomic mass is 16.5. The number of nitrogens with zero attached hydrogens (tertiary/aromatic N) is 1. The van der Waals surface area contributed by atoms with Crippen LogP contribution in [0.2, 0.25) is 0 Å². The average molecular weight is 209 g/mol. The van der Waals surface area contributed by atoms with Crippen LogP contribution in [0.15, 0.2) is 12.2 Å². The zero-order valence-corrected chi connectivity index (χ0v) is 9.08. The molecule has 0 heterocycles. The van der Waals surface area contributed by atoms with Crippen molar-refractivity contribution in [2.75, 3.05) is 20.2 Å². The number of amides is 1. The standard InChI is InChI=1S/C11H15NO3/c1-5-6-10(13)12(4)7-8-15-11(14)9(2)3/h1H,2,6-8H2,3-4H3. The maximum Gasteiger partial charge on any atom is 0.333 e. The lowest BCUT2D eigenvalue weighted by Crippen LogP contribution is -2.30. The van der Waals surface area contributed by atoms with Gasteiger partial charge in [-0.25, -0.2) is 4.79 Å². The van der Waals surface area contributed by atoms with E-state index < -0.39 is 5.97 Å². The third kappa shape index (κ3) is 5.53. The lowest BCUT2D eigenvalue weighted by Gasteiger charge is -2.15. The van der Waals surface area contributed by atoms with Gasteiger partial charge in [0.1, 0.15) is 6.61 Å². The van der Waals surface area contributed by atoms with Crippen LogP contribution in [0.1, 0.15) is 13.3 Å². The van der Waals surface area contributed by atoms with Gasteiger partial charge < -0.3 is 9.64 Å². The predicted octanol–water partition coefficient (Wildman–Crippen LogP) is 0.587. The molecule has 0 spiro atoms. The van der Waals surface area contributed by atoms with Crippen molar-refractivity contribution in [2.45, 2.75) is 13.3 Å². The van der Waals surface area contributed by atoms with Crippen LogP contribution in [0.25, 0.3) is 0 Å². The van der Waals surface area contributed by atoms with Crippen LogP contribution in [0.5, 0.6) is 0 Å². The maximum absolute atomic E-state index is 11.2. The molecular weight excluding hydrogens is 194 g/mol. The number of terminal acetylenes is 1. The molecule has 0 aromatic heterocycles. The first-order valence-corrected chi connectivity index (χ1v) is 4.49. The van der Waals surface area contributed by atoms with Crippen LogP contribution >= 0.6 is 0 Å². The number of carbonyl (C=O) groups is 2. The van der Waals surface area contributed by atoms with E-state index in [-0.39, 0.29) is 18.9 Å². The van der Waals surface area contributed by atoms with E-state index >= 15 is 0 Å². The van der Waals surface area contributed by atoms with Crippen molar-refractivity contribution < 1.29 is 14.3 Å². The van der Waals surface area contributed by atoms with Gasteiger partial charge >= 0.3 is 5.97 Å². The fourth-order valence-electron chi connectivity index (χ4n) is 0.745. The summed E-state index contributed by atoms with van der Waals surface area (Å²) in [5.41, 5.74) is 0.340. The summed E-state index contributed by atoms with van der Waals surface area (Å²) >= 11 is 0. The lowest BCUT2D eigenvalue weighted by atomic mass is 10.3. The van der Waals surface area contributed by atoms with Gasteiger partial charge in [0.25, 0.3) is 0 Å². The minimum atomic E-state index is -0.451. The molecule has 0 saturated carbocycles. The van der Waals surface area contributed by atoms with E-state index in [1.54, 1.807) is 14.0 Å². The van der Waals surface area contributed by atoms with Gasteiger partial charge in [0, 0.05) is 12.6 Å². The summed E-state index contributed by atoms with van der Waals surface area (Å²) in [7, 11) is 1.61. The first-order chi connectivity index (χ1) is 6.99. The average Bonchev–Trinajstić information content (AvgIpc) is 2.17. The summed E-state index contributed by atoms with van der Waals surface area (Å²) < 4.78 is 4.82. The fraction of sp³-hybridized carbons (Fsp3) is 0.455. The zero-order chi connectivity index (χ0) is 11.8. The zero-order valence-electron chi connectivity index (χ0n) is 9.08. The lowest BCUT2D eigenvalue weighted by molar-refractivity contribution is -0.141. The number of hydrogen-bond acceptors (Lipinski definition) is 3. The molecule has 0 N–H and O–H groups in total. The SMILES string of the molecule is C#CCC(=O)N(C)CCOC(=O)C(=C)C. The summed E-state index contributed by atoms with van der Waals surface area (Å²) in [5.74, 6) is 1.64. The van der Waals surface area contributed by atoms with Crippen LogP contribution in [-0.4, -0.2) is 37.0 Å². The molecule has 0 unspecified atom stereocenters. The Bertz CT molecular complexity index is 301. The Hall–Kier alpha value is -1.76. The van der Waals surface area contributed by atoms with Gasteiger partial charge in [-0.1, -0.05) is 12.5 Å². The van der Waals surface area contributed by atoms with E-state index in [4.69, 9.17) is 11.2 Å². The minimum Gasteiger partial charge on any atom is -0.460 e. The van der Waals surface area contributed by atoms with E-state index in [1.165, 1.54) is 4.90 Å². The second-order valence-electron chi connectivity index (χ2n) is 3.11. The quantitative estimate of drug-likeness (QED) is 0.378. The predicted molar refractivity (Wildman–Crippen MR) is 56.9 cm³/mol. The van der Waals surface area contributed by atoms with Crippen LogP contribution in [0.3, 0.4) is 0 Å². The molecule has 0 aromatic rings. The smallest absolute Gasteiger partial charge is 0.333 e. The van der Waals surface area contributed by atoms with Crippen molar-refractivity contribution in [1.82, 2.24) is 4.90 Å². The highest BCUT2D eigenvalue weighted by Gasteiger charge is 2.08. The minimum absolute atomic E-state index is 0.0604. The van der Waals surface area contributed by atoms with Gasteiger partial charge in [-0.05, 0) is 6.92 Å². The summed E-state index contributed by atoms with van der Waals surface area (Å²) in [6.07, 6.45) is 5.05. The van der Waals surface area contributed by atoms with Crippen LogP contribution in [0, 0.1) is 12.3 Å².